The van der Waals surface area contributed by atoms with Crippen LogP contribution in [0.5, 0.6) is 5.75 Å². The zero-order chi connectivity index (χ0) is 68.0. The average Bonchev–Trinajstić information content (AvgIpc) is 1.50. The number of ether oxygens (including phenoxy) is 8. The average molecular weight is 1360 g/mol. The number of benzene rings is 2. The van der Waals surface area contributed by atoms with E-state index >= 15 is 0 Å². The maximum absolute atomic E-state index is 13.0. The summed E-state index contributed by atoms with van der Waals surface area (Å²) in [6.07, 6.45) is -0.333. The van der Waals surface area contributed by atoms with Gasteiger partial charge in [-0.3, -0.25) is 19.0 Å². The van der Waals surface area contributed by atoms with Gasteiger partial charge in [0.15, 0.2) is 18.9 Å². The highest BCUT2D eigenvalue weighted by atomic mass is 35.5. The molecule has 9 aliphatic rings. The number of methoxy groups -OCH3 is 1. The van der Waals surface area contributed by atoms with E-state index in [2.05, 4.69) is 19.6 Å². The van der Waals surface area contributed by atoms with E-state index in [1.54, 1.807) is 83.3 Å². The third kappa shape index (κ3) is 14.3. The Morgan fingerprint density at radius 3 is 1.98 bits per heavy atom. The number of esters is 1. The van der Waals surface area contributed by atoms with Crippen LogP contribution in [0.15, 0.2) is 54.1 Å². The third-order valence-electron chi connectivity index (χ3n) is 22.6. The van der Waals surface area contributed by atoms with Crippen LogP contribution in [0, 0.1) is 47.3 Å². The molecule has 2 aromatic carbocycles. The molecule has 0 bridgehead atoms. The van der Waals surface area contributed by atoms with Gasteiger partial charge in [-0.15, -0.1) is 0 Å². The predicted octanol–water partition coefficient (Wildman–Crippen LogP) is 6.77. The summed E-state index contributed by atoms with van der Waals surface area (Å²) in [7, 11) is 1.54. The lowest BCUT2D eigenvalue weighted by molar-refractivity contribution is -0.336. The molecule has 4 saturated heterocycles. The number of carboxylic acids is 2. The Kier molecular flexibility index (Phi) is 22.5. The van der Waals surface area contributed by atoms with Crippen LogP contribution in [-0.4, -0.2) is 204 Å². The SMILES string of the molecule is COc1ccc2c(c1)c(CC(=O)O)c(C)n2C(=O)c1ccc(Cl)cc1.C[C@H](CS)C(=O)N1CCC[C@H]1C(=O)O.C[C@H]1O[C@@H](O[C@H]2[C@@H](O)C[C@H](O[C@H]3[C@@H](O)C[C@H](O[C@H]4CC[C@@]5(C)[C@H](CC[C@@H]6[C@@H]5C[C@@H](O)[C@]5(C)[C@@H](C7=CC(=O)OC7)CC[C@]65O)C4)O[C@@H]3C)O[C@@H]2C)C[C@H](O)[C@@H]1O. The van der Waals surface area contributed by atoms with Gasteiger partial charge < -0.3 is 83.6 Å². The molecule has 5 aliphatic heterocycles. The Hall–Kier alpha value is -4.77. The Bertz CT molecular complexity index is 3220. The van der Waals surface area contributed by atoms with Crippen LogP contribution in [0.1, 0.15) is 147 Å². The first-order valence-electron chi connectivity index (χ1n) is 33.3. The molecule has 4 aliphatic carbocycles. The Morgan fingerprint density at radius 2 is 1.40 bits per heavy atom. The second-order valence-corrected chi connectivity index (χ2v) is 28.9. The standard InChI is InChI=1S/C41H64O14.C19H16ClNO4.C9H15NO3S/c1-19-36(47)28(42)15-34(50-19)54-38-21(3)52-35(17-30(38)44)55-37-20(2)51-33(16-29(37)43)53-24-8-10-39(4)23(13-24)6-7-26-27(39)14-31(45)40(5)25(9-11-41(26,40)48)22-12-32(46)49-18-22;1-11-15(10-18(22)23)16-9-14(25-2)7-8-17(16)21(11)19(24)12-3-5-13(20)6-4-12;1-6(5-14)8(11)10-4-2-3-7(10)9(12)13/h12,19-21,23-31,33-38,42-45,47-48H,6-11,13-18H2,1-5H3;3-9H,10H2,1-2H3,(H,22,23);6-7,14H,2-5H2,1H3,(H,12,13)/t19-,20-,21-,23-,24+,25-,26-,27+,28+,29+,30+,31-,33+,34+,35+,36-,37-,38-,39+,40+,41+;;6-,7+/m1.1/s1. The molecule has 25 heteroatoms. The van der Waals surface area contributed by atoms with Gasteiger partial charge in [-0.2, -0.15) is 12.6 Å². The molecule has 8 fully saturated rings. The minimum atomic E-state index is -1.01. The first-order valence-corrected chi connectivity index (χ1v) is 34.3. The Labute approximate surface area is 558 Å². The summed E-state index contributed by atoms with van der Waals surface area (Å²) in [4.78, 5) is 60.2. The number of aliphatic hydroxyl groups is 6. The van der Waals surface area contributed by atoms with Crippen LogP contribution in [-0.2, 0) is 58.8 Å². The number of carboxylic acid groups (broad SMARTS) is 2. The number of thiol groups is 1. The molecule has 4 saturated carbocycles. The molecule has 1 amide bonds. The number of nitrogens with zero attached hydrogens (tertiary/aromatic N) is 2. The number of hydrogen-bond acceptors (Lipinski definition) is 20. The van der Waals surface area contributed by atoms with E-state index in [0.717, 1.165) is 50.5 Å². The van der Waals surface area contributed by atoms with E-state index in [4.69, 9.17) is 54.6 Å². The van der Waals surface area contributed by atoms with Crippen molar-refractivity contribution in [3.05, 3.63) is 76.0 Å². The summed E-state index contributed by atoms with van der Waals surface area (Å²) in [6, 6.07) is 11.2. The van der Waals surface area contributed by atoms with Crippen LogP contribution < -0.4 is 4.74 Å². The van der Waals surface area contributed by atoms with Crippen molar-refractivity contribution in [3.63, 3.8) is 0 Å². The molecule has 1 aromatic heterocycles. The highest BCUT2D eigenvalue weighted by molar-refractivity contribution is 7.80. The van der Waals surface area contributed by atoms with E-state index in [9.17, 15) is 59.7 Å². The first-order chi connectivity index (χ1) is 44.5. The van der Waals surface area contributed by atoms with Gasteiger partial charge in [-0.25, -0.2) is 9.59 Å². The van der Waals surface area contributed by atoms with Crippen molar-refractivity contribution in [2.45, 2.75) is 236 Å². The number of cyclic esters (lactones) is 1. The van der Waals surface area contributed by atoms with Crippen molar-refractivity contribution in [1.29, 1.82) is 0 Å². The molecule has 0 spiro atoms. The second-order valence-electron chi connectivity index (χ2n) is 28.1. The van der Waals surface area contributed by atoms with E-state index in [1.807, 2.05) is 13.8 Å². The van der Waals surface area contributed by atoms with Crippen molar-refractivity contribution in [3.8, 4) is 5.75 Å². The summed E-state index contributed by atoms with van der Waals surface area (Å²) in [5, 5.41) is 86.2. The number of halogens is 1. The normalized spacial score (nSPS) is 38.9. The van der Waals surface area contributed by atoms with Crippen molar-refractivity contribution in [2.24, 2.45) is 40.4 Å². The topological polar surface area (TPSA) is 329 Å². The van der Waals surface area contributed by atoms with Gasteiger partial charge in [0.2, 0.25) is 5.91 Å². The lowest BCUT2D eigenvalue weighted by atomic mass is 9.42. The molecule has 6 heterocycles. The Morgan fingerprint density at radius 1 is 0.777 bits per heavy atom. The number of aliphatic carboxylic acids is 2. The lowest BCUT2D eigenvalue weighted by Gasteiger charge is -2.65. The van der Waals surface area contributed by atoms with Crippen molar-refractivity contribution in [2.75, 3.05) is 26.0 Å². The van der Waals surface area contributed by atoms with Crippen LogP contribution in [0.3, 0.4) is 0 Å². The molecule has 8 N–H and O–H groups in total. The second kappa shape index (κ2) is 29.4. The van der Waals surface area contributed by atoms with Crippen LogP contribution >= 0.6 is 24.2 Å². The number of carbonyl (C=O) groups is 5. The van der Waals surface area contributed by atoms with Gasteiger partial charge >= 0.3 is 17.9 Å². The number of hydrogen-bond donors (Lipinski definition) is 9. The maximum Gasteiger partial charge on any atom is 0.331 e. The fourth-order valence-corrected chi connectivity index (χ4v) is 17.6. The molecule has 520 valence electrons. The van der Waals surface area contributed by atoms with Crippen LogP contribution in [0.4, 0.5) is 0 Å². The molecule has 3 aromatic rings. The van der Waals surface area contributed by atoms with Crippen molar-refractivity contribution >= 4 is 64.9 Å². The molecule has 0 radical (unpaired) electrons. The summed E-state index contributed by atoms with van der Waals surface area (Å²) < 4.78 is 48.8. The number of rotatable bonds is 14. The monoisotopic (exact) mass is 1350 g/mol. The summed E-state index contributed by atoms with van der Waals surface area (Å²) in [6.45, 7) is 14.0. The predicted molar refractivity (Wildman–Crippen MR) is 344 cm³/mol. The minimum Gasteiger partial charge on any atom is -0.497 e. The van der Waals surface area contributed by atoms with Crippen molar-refractivity contribution in [1.82, 2.24) is 9.47 Å². The molecular formula is C69H95ClN2O21S. The fourth-order valence-electron chi connectivity index (χ4n) is 17.4. The highest BCUT2D eigenvalue weighted by Gasteiger charge is 2.71. The van der Waals surface area contributed by atoms with Gasteiger partial charge in [0.05, 0.1) is 73.5 Å². The highest BCUT2D eigenvalue weighted by Crippen LogP contribution is 2.70. The number of carbonyl (C=O) groups excluding carboxylic acids is 3. The molecule has 0 unspecified atom stereocenters. The molecular weight excluding hydrogens is 1260 g/mol. The van der Waals surface area contributed by atoms with Gasteiger partial charge in [0.25, 0.3) is 5.91 Å². The van der Waals surface area contributed by atoms with Gasteiger partial charge in [0.1, 0.15) is 36.7 Å². The quantitative estimate of drug-likeness (QED) is 0.0456. The number of amides is 1. The van der Waals surface area contributed by atoms with E-state index < -0.39 is 109 Å². The van der Waals surface area contributed by atoms with Crippen LogP contribution in [0.2, 0.25) is 5.02 Å². The zero-order valence-electron chi connectivity index (χ0n) is 54.8. The molecule has 23 atom stereocenters. The third-order valence-corrected chi connectivity index (χ3v) is 23.4. The fraction of sp³-hybridized carbons (Fsp3) is 0.696. The Balaban J connectivity index is 0.000000202. The zero-order valence-corrected chi connectivity index (χ0v) is 56.4. The number of likely N-dealkylation sites (tertiary alicyclic amines) is 1. The van der Waals surface area contributed by atoms with Crippen molar-refractivity contribution < 1.29 is 103 Å². The maximum atomic E-state index is 13.0. The first kappa shape index (κ1) is 72.0. The largest absolute Gasteiger partial charge is 0.497 e. The van der Waals surface area contributed by atoms with Gasteiger partial charge in [0, 0.05) is 70.6 Å². The smallest absolute Gasteiger partial charge is 0.331 e. The number of aromatic nitrogens is 1. The molecule has 23 nitrogen and oxygen atoms in total. The summed E-state index contributed by atoms with van der Waals surface area (Å²) in [5.41, 5.74) is 1.43. The van der Waals surface area contributed by atoms with Crippen LogP contribution in [0.25, 0.3) is 10.9 Å². The molecule has 94 heavy (non-hydrogen) atoms. The van der Waals surface area contributed by atoms with E-state index in [-0.39, 0.29) is 85.3 Å². The number of fused-ring (bicyclic) bond motifs is 6. The minimum absolute atomic E-state index is 0.0452. The van der Waals surface area contributed by atoms with Gasteiger partial charge in [-0.1, -0.05) is 32.4 Å². The summed E-state index contributed by atoms with van der Waals surface area (Å²) in [5.74, 6) is -1.11. The van der Waals surface area contributed by atoms with E-state index in [0.29, 0.717) is 76.0 Å². The van der Waals surface area contributed by atoms with E-state index in [1.165, 1.54) is 9.47 Å². The number of aliphatic hydroxyl groups excluding tert-OH is 5. The molecule has 12 rings (SSSR count). The summed E-state index contributed by atoms with van der Waals surface area (Å²) >= 11 is 9.92. The lowest BCUT2D eigenvalue weighted by Crippen LogP contribution is -2.67. The van der Waals surface area contributed by atoms with Gasteiger partial charge in [-0.05, 0) is 175 Å².